The average molecular weight is 262 g/mol. The van der Waals surface area contributed by atoms with E-state index >= 15 is 0 Å². The van der Waals surface area contributed by atoms with Crippen LogP contribution in [0.4, 0.5) is 11.5 Å². The standard InChI is InChI=1S/C13H18N4O2/c1-13(2,14)12(19)16-9-5-6-10(15-7-9)17-11(18)8-3-4-8/h5-8H,3-4,14H2,1-2H3,(H,16,19)(H,15,17,18). The number of carbonyl (C=O) groups excluding carboxylic acids is 2. The molecule has 0 spiro atoms. The molecule has 0 bridgehead atoms. The lowest BCUT2D eigenvalue weighted by Gasteiger charge is -2.17. The van der Waals surface area contributed by atoms with Crippen LogP contribution in [0.25, 0.3) is 0 Å². The first-order valence-corrected chi connectivity index (χ1v) is 6.23. The molecule has 2 amide bonds. The molecule has 6 heteroatoms. The molecule has 2 rings (SSSR count). The summed E-state index contributed by atoms with van der Waals surface area (Å²) in [6, 6.07) is 3.33. The lowest BCUT2D eigenvalue weighted by Crippen LogP contribution is -2.45. The quantitative estimate of drug-likeness (QED) is 0.757. The van der Waals surface area contributed by atoms with Crippen molar-refractivity contribution in [1.82, 2.24) is 4.98 Å². The van der Waals surface area contributed by atoms with Crippen LogP contribution in [-0.4, -0.2) is 22.3 Å². The third-order valence-corrected chi connectivity index (χ3v) is 2.81. The average Bonchev–Trinajstić information content (AvgIpc) is 3.14. The fraction of sp³-hybridized carbons (Fsp3) is 0.462. The van der Waals surface area contributed by atoms with Crippen molar-refractivity contribution >= 4 is 23.3 Å². The van der Waals surface area contributed by atoms with Crippen molar-refractivity contribution in [1.29, 1.82) is 0 Å². The van der Waals surface area contributed by atoms with E-state index in [1.807, 2.05) is 0 Å². The molecule has 0 aliphatic heterocycles. The number of nitrogens with two attached hydrogens (primary N) is 1. The van der Waals surface area contributed by atoms with E-state index in [0.717, 1.165) is 12.8 Å². The number of amides is 2. The fourth-order valence-electron chi connectivity index (χ4n) is 1.41. The van der Waals surface area contributed by atoms with Gasteiger partial charge in [-0.15, -0.1) is 0 Å². The van der Waals surface area contributed by atoms with Gasteiger partial charge in [0.2, 0.25) is 11.8 Å². The van der Waals surface area contributed by atoms with E-state index in [1.165, 1.54) is 6.20 Å². The van der Waals surface area contributed by atoms with Crippen molar-refractivity contribution < 1.29 is 9.59 Å². The lowest BCUT2D eigenvalue weighted by molar-refractivity contribution is -0.120. The maximum Gasteiger partial charge on any atom is 0.243 e. The largest absolute Gasteiger partial charge is 0.323 e. The highest BCUT2D eigenvalue weighted by Gasteiger charge is 2.29. The zero-order chi connectivity index (χ0) is 14.0. The van der Waals surface area contributed by atoms with Crippen molar-refractivity contribution in [2.75, 3.05) is 10.6 Å². The van der Waals surface area contributed by atoms with E-state index in [1.54, 1.807) is 26.0 Å². The number of aromatic nitrogens is 1. The van der Waals surface area contributed by atoms with Gasteiger partial charge in [-0.05, 0) is 38.8 Å². The molecule has 0 unspecified atom stereocenters. The zero-order valence-electron chi connectivity index (χ0n) is 11.1. The minimum absolute atomic E-state index is 0.00683. The first kappa shape index (κ1) is 13.5. The van der Waals surface area contributed by atoms with E-state index in [2.05, 4.69) is 15.6 Å². The van der Waals surface area contributed by atoms with Gasteiger partial charge in [-0.2, -0.15) is 0 Å². The Morgan fingerprint density at radius 1 is 1.32 bits per heavy atom. The monoisotopic (exact) mass is 262 g/mol. The molecule has 0 saturated heterocycles. The second-order valence-electron chi connectivity index (χ2n) is 5.37. The third kappa shape index (κ3) is 3.75. The Kier molecular flexibility index (Phi) is 3.53. The van der Waals surface area contributed by atoms with Crippen LogP contribution < -0.4 is 16.4 Å². The Labute approximate surface area is 111 Å². The Hall–Kier alpha value is -1.95. The van der Waals surface area contributed by atoms with Crippen molar-refractivity contribution in [2.45, 2.75) is 32.2 Å². The summed E-state index contributed by atoms with van der Waals surface area (Å²) in [6.07, 6.45) is 3.39. The fourth-order valence-corrected chi connectivity index (χ4v) is 1.41. The number of pyridine rings is 1. The summed E-state index contributed by atoms with van der Waals surface area (Å²) in [6.45, 7) is 3.25. The Bertz CT molecular complexity index is 486. The summed E-state index contributed by atoms with van der Waals surface area (Å²) < 4.78 is 0. The molecule has 19 heavy (non-hydrogen) atoms. The third-order valence-electron chi connectivity index (χ3n) is 2.81. The minimum Gasteiger partial charge on any atom is -0.323 e. The van der Waals surface area contributed by atoms with Crippen LogP contribution in [-0.2, 0) is 9.59 Å². The molecule has 1 aromatic rings. The van der Waals surface area contributed by atoms with Gasteiger partial charge in [0.25, 0.3) is 0 Å². The topological polar surface area (TPSA) is 97.1 Å². The first-order chi connectivity index (χ1) is 8.86. The molecule has 1 fully saturated rings. The zero-order valence-corrected chi connectivity index (χ0v) is 11.1. The van der Waals surface area contributed by atoms with Crippen molar-refractivity contribution in [3.05, 3.63) is 18.3 Å². The summed E-state index contributed by atoms with van der Waals surface area (Å²) in [5, 5.41) is 5.39. The SMILES string of the molecule is CC(C)(N)C(=O)Nc1ccc(NC(=O)C2CC2)nc1. The molecule has 0 aromatic carbocycles. The van der Waals surface area contributed by atoms with Crippen molar-refractivity contribution in [2.24, 2.45) is 11.7 Å². The summed E-state index contributed by atoms with van der Waals surface area (Å²) in [4.78, 5) is 27.3. The number of hydrogen-bond acceptors (Lipinski definition) is 4. The van der Waals surface area contributed by atoms with Gasteiger partial charge in [-0.1, -0.05) is 0 Å². The minimum atomic E-state index is -0.946. The van der Waals surface area contributed by atoms with E-state index in [0.29, 0.717) is 11.5 Å². The number of anilines is 2. The van der Waals surface area contributed by atoms with Gasteiger partial charge in [0.05, 0.1) is 17.4 Å². The molecule has 1 aromatic heterocycles. The molecule has 1 saturated carbocycles. The van der Waals surface area contributed by atoms with Gasteiger partial charge in [-0.25, -0.2) is 4.98 Å². The van der Waals surface area contributed by atoms with E-state index in [-0.39, 0.29) is 17.7 Å². The second-order valence-corrected chi connectivity index (χ2v) is 5.37. The predicted molar refractivity (Wildman–Crippen MR) is 72.5 cm³/mol. The number of nitrogens with zero attached hydrogens (tertiary/aromatic N) is 1. The Morgan fingerprint density at radius 2 is 2.00 bits per heavy atom. The van der Waals surface area contributed by atoms with Crippen LogP contribution >= 0.6 is 0 Å². The van der Waals surface area contributed by atoms with Crippen LogP contribution in [0, 0.1) is 5.92 Å². The summed E-state index contributed by atoms with van der Waals surface area (Å²) in [5.41, 5.74) is 5.28. The Balaban J connectivity index is 1.94. The summed E-state index contributed by atoms with van der Waals surface area (Å²) in [5.74, 6) is 0.345. The molecular weight excluding hydrogens is 244 g/mol. The second kappa shape index (κ2) is 4.97. The maximum atomic E-state index is 11.7. The molecule has 1 aliphatic carbocycles. The van der Waals surface area contributed by atoms with Gasteiger partial charge in [0.1, 0.15) is 5.82 Å². The smallest absolute Gasteiger partial charge is 0.243 e. The van der Waals surface area contributed by atoms with Crippen molar-refractivity contribution in [3.8, 4) is 0 Å². The number of nitrogens with one attached hydrogen (secondary N) is 2. The summed E-state index contributed by atoms with van der Waals surface area (Å²) >= 11 is 0. The molecule has 0 atom stereocenters. The van der Waals surface area contributed by atoms with E-state index in [9.17, 15) is 9.59 Å². The molecule has 6 nitrogen and oxygen atoms in total. The number of hydrogen-bond donors (Lipinski definition) is 3. The highest BCUT2D eigenvalue weighted by molar-refractivity contribution is 5.97. The molecule has 102 valence electrons. The predicted octanol–water partition coefficient (Wildman–Crippen LogP) is 1.11. The van der Waals surface area contributed by atoms with Gasteiger partial charge < -0.3 is 16.4 Å². The highest BCUT2D eigenvalue weighted by atomic mass is 16.2. The highest BCUT2D eigenvalue weighted by Crippen LogP contribution is 2.29. The molecule has 4 N–H and O–H groups in total. The van der Waals surface area contributed by atoms with Gasteiger partial charge >= 0.3 is 0 Å². The maximum absolute atomic E-state index is 11.7. The van der Waals surface area contributed by atoms with Crippen LogP contribution in [0.2, 0.25) is 0 Å². The van der Waals surface area contributed by atoms with E-state index < -0.39 is 5.54 Å². The first-order valence-electron chi connectivity index (χ1n) is 6.23. The van der Waals surface area contributed by atoms with Crippen LogP contribution in [0.5, 0.6) is 0 Å². The van der Waals surface area contributed by atoms with Gasteiger partial charge in [0.15, 0.2) is 0 Å². The number of carbonyl (C=O) groups is 2. The van der Waals surface area contributed by atoms with Gasteiger partial charge in [0, 0.05) is 5.92 Å². The molecule has 0 radical (unpaired) electrons. The summed E-state index contributed by atoms with van der Waals surface area (Å²) in [7, 11) is 0. The number of rotatable bonds is 4. The van der Waals surface area contributed by atoms with Crippen LogP contribution in [0.3, 0.4) is 0 Å². The van der Waals surface area contributed by atoms with E-state index in [4.69, 9.17) is 5.73 Å². The molecule has 1 aliphatic rings. The van der Waals surface area contributed by atoms with Crippen molar-refractivity contribution in [3.63, 3.8) is 0 Å². The molecule has 1 heterocycles. The van der Waals surface area contributed by atoms with Crippen LogP contribution in [0.1, 0.15) is 26.7 Å². The molecular formula is C13H18N4O2. The van der Waals surface area contributed by atoms with Gasteiger partial charge in [-0.3, -0.25) is 9.59 Å². The van der Waals surface area contributed by atoms with Crippen LogP contribution in [0.15, 0.2) is 18.3 Å². The lowest BCUT2D eigenvalue weighted by atomic mass is 10.1. The Morgan fingerprint density at radius 3 is 2.47 bits per heavy atom. The normalized spacial score (nSPS) is 14.9.